The SMILES string of the molecule is O=Cc1nccc2cc(F)cc(F)c12. The molecule has 0 spiro atoms. The summed E-state index contributed by atoms with van der Waals surface area (Å²) in [5, 5.41) is 0.392. The molecule has 0 saturated carbocycles. The Kier molecular flexibility index (Phi) is 1.96. The molecular formula is C10H5F2NO. The Bertz CT molecular complexity index is 511. The van der Waals surface area contributed by atoms with Gasteiger partial charge >= 0.3 is 0 Å². The van der Waals surface area contributed by atoms with Crippen molar-refractivity contribution < 1.29 is 13.6 Å². The van der Waals surface area contributed by atoms with Gasteiger partial charge in [0.1, 0.15) is 17.3 Å². The summed E-state index contributed by atoms with van der Waals surface area (Å²) in [5.74, 6) is -1.44. The lowest BCUT2D eigenvalue weighted by Crippen LogP contribution is -1.92. The van der Waals surface area contributed by atoms with Gasteiger partial charge in [0.25, 0.3) is 0 Å². The number of fused-ring (bicyclic) bond motifs is 1. The van der Waals surface area contributed by atoms with Gasteiger partial charge in [0.15, 0.2) is 6.29 Å². The predicted molar refractivity (Wildman–Crippen MR) is 47.0 cm³/mol. The van der Waals surface area contributed by atoms with E-state index in [9.17, 15) is 13.6 Å². The molecule has 1 aromatic heterocycles. The highest BCUT2D eigenvalue weighted by molar-refractivity contribution is 5.96. The molecule has 0 N–H and O–H groups in total. The summed E-state index contributed by atoms with van der Waals surface area (Å²) in [7, 11) is 0. The van der Waals surface area contributed by atoms with Crippen LogP contribution in [0, 0.1) is 11.6 Å². The Labute approximate surface area is 78.2 Å². The van der Waals surface area contributed by atoms with E-state index in [1.54, 1.807) is 0 Å². The molecule has 0 saturated heterocycles. The second-order valence-electron chi connectivity index (χ2n) is 2.80. The van der Waals surface area contributed by atoms with Crippen LogP contribution in [0.2, 0.25) is 0 Å². The van der Waals surface area contributed by atoms with Crippen molar-refractivity contribution >= 4 is 17.1 Å². The van der Waals surface area contributed by atoms with Gasteiger partial charge in [0.2, 0.25) is 0 Å². The van der Waals surface area contributed by atoms with Crippen molar-refractivity contribution in [3.05, 3.63) is 41.7 Å². The van der Waals surface area contributed by atoms with Gasteiger partial charge in [-0.25, -0.2) is 8.78 Å². The first-order valence-electron chi connectivity index (χ1n) is 3.91. The first-order chi connectivity index (χ1) is 6.72. The third-order valence-electron chi connectivity index (χ3n) is 1.92. The maximum atomic E-state index is 13.3. The molecule has 0 aliphatic rings. The van der Waals surface area contributed by atoms with Crippen molar-refractivity contribution in [2.24, 2.45) is 0 Å². The lowest BCUT2D eigenvalue weighted by molar-refractivity contribution is 0.112. The zero-order valence-electron chi connectivity index (χ0n) is 7.00. The molecule has 4 heteroatoms. The van der Waals surface area contributed by atoms with Crippen LogP contribution < -0.4 is 0 Å². The van der Waals surface area contributed by atoms with Crippen LogP contribution >= 0.6 is 0 Å². The second-order valence-corrected chi connectivity index (χ2v) is 2.80. The highest BCUT2D eigenvalue weighted by atomic mass is 19.1. The van der Waals surface area contributed by atoms with Gasteiger partial charge in [-0.15, -0.1) is 0 Å². The number of pyridine rings is 1. The van der Waals surface area contributed by atoms with Crippen molar-refractivity contribution in [2.45, 2.75) is 0 Å². The normalized spacial score (nSPS) is 10.4. The molecule has 70 valence electrons. The topological polar surface area (TPSA) is 30.0 Å². The van der Waals surface area contributed by atoms with Gasteiger partial charge in [0, 0.05) is 17.6 Å². The van der Waals surface area contributed by atoms with Crippen molar-refractivity contribution in [1.82, 2.24) is 4.98 Å². The predicted octanol–water partition coefficient (Wildman–Crippen LogP) is 2.33. The third kappa shape index (κ3) is 1.25. The summed E-state index contributed by atoms with van der Waals surface area (Å²) in [6, 6.07) is 3.35. The summed E-state index contributed by atoms with van der Waals surface area (Å²) in [5.41, 5.74) is -0.0139. The maximum Gasteiger partial charge on any atom is 0.169 e. The second kappa shape index (κ2) is 3.14. The average Bonchev–Trinajstić information content (AvgIpc) is 2.16. The lowest BCUT2D eigenvalue weighted by atomic mass is 10.1. The van der Waals surface area contributed by atoms with Gasteiger partial charge < -0.3 is 0 Å². The number of hydrogen-bond acceptors (Lipinski definition) is 2. The van der Waals surface area contributed by atoms with Crippen LogP contribution in [0.1, 0.15) is 10.5 Å². The fraction of sp³-hybridized carbons (Fsp3) is 0. The monoisotopic (exact) mass is 193 g/mol. The van der Waals surface area contributed by atoms with Gasteiger partial charge in [-0.3, -0.25) is 9.78 Å². The number of benzene rings is 1. The highest BCUT2D eigenvalue weighted by Crippen LogP contribution is 2.20. The summed E-state index contributed by atoms with van der Waals surface area (Å²) in [6.07, 6.45) is 1.79. The number of halogens is 2. The van der Waals surface area contributed by atoms with E-state index in [4.69, 9.17) is 0 Å². The van der Waals surface area contributed by atoms with E-state index in [-0.39, 0.29) is 11.1 Å². The van der Waals surface area contributed by atoms with Crippen LogP contribution in [0.25, 0.3) is 10.8 Å². The van der Waals surface area contributed by atoms with E-state index in [1.807, 2.05) is 0 Å². The largest absolute Gasteiger partial charge is 0.296 e. The summed E-state index contributed by atoms with van der Waals surface area (Å²) in [4.78, 5) is 14.2. The minimum Gasteiger partial charge on any atom is -0.296 e. The minimum atomic E-state index is -0.768. The zero-order chi connectivity index (χ0) is 10.1. The number of nitrogens with zero attached hydrogens (tertiary/aromatic N) is 1. The van der Waals surface area contributed by atoms with Crippen LogP contribution in [-0.4, -0.2) is 11.3 Å². The summed E-state index contributed by atoms with van der Waals surface area (Å²) >= 11 is 0. The first-order valence-corrected chi connectivity index (χ1v) is 3.91. The van der Waals surface area contributed by atoms with E-state index < -0.39 is 11.6 Å². The van der Waals surface area contributed by atoms with Crippen LogP contribution in [-0.2, 0) is 0 Å². The summed E-state index contributed by atoms with van der Waals surface area (Å²) < 4.78 is 26.0. The number of hydrogen-bond donors (Lipinski definition) is 0. The molecule has 2 rings (SSSR count). The Morgan fingerprint density at radius 2 is 2.07 bits per heavy atom. The van der Waals surface area contributed by atoms with Gasteiger partial charge in [-0.2, -0.15) is 0 Å². The molecule has 0 unspecified atom stereocenters. The highest BCUT2D eigenvalue weighted by Gasteiger charge is 2.08. The molecule has 1 heterocycles. The van der Waals surface area contributed by atoms with Crippen molar-refractivity contribution in [3.63, 3.8) is 0 Å². The quantitative estimate of drug-likeness (QED) is 0.650. The smallest absolute Gasteiger partial charge is 0.169 e. The fourth-order valence-corrected chi connectivity index (χ4v) is 1.35. The van der Waals surface area contributed by atoms with Crippen LogP contribution in [0.4, 0.5) is 8.78 Å². The van der Waals surface area contributed by atoms with E-state index in [0.29, 0.717) is 11.7 Å². The molecule has 0 radical (unpaired) electrons. The molecule has 14 heavy (non-hydrogen) atoms. The van der Waals surface area contributed by atoms with Crippen molar-refractivity contribution in [1.29, 1.82) is 0 Å². The Morgan fingerprint density at radius 1 is 1.29 bits per heavy atom. The number of carbonyl (C=O) groups is 1. The lowest BCUT2D eigenvalue weighted by Gasteiger charge is -2.01. The Balaban J connectivity index is 2.93. The van der Waals surface area contributed by atoms with E-state index in [2.05, 4.69) is 4.98 Å². The maximum absolute atomic E-state index is 13.3. The molecule has 0 amide bonds. The number of carbonyl (C=O) groups excluding carboxylic acids is 1. The Morgan fingerprint density at radius 3 is 2.79 bits per heavy atom. The Hall–Kier alpha value is -1.84. The van der Waals surface area contributed by atoms with Gasteiger partial charge in [-0.1, -0.05) is 0 Å². The molecule has 0 atom stereocenters. The molecule has 0 bridgehead atoms. The van der Waals surface area contributed by atoms with Crippen molar-refractivity contribution in [3.8, 4) is 0 Å². The standard InChI is InChI=1S/C10H5F2NO/c11-7-3-6-1-2-13-9(5-14)10(6)8(12)4-7/h1-5H. The molecule has 0 aliphatic carbocycles. The van der Waals surface area contributed by atoms with Gasteiger partial charge in [-0.05, 0) is 17.5 Å². The minimum absolute atomic E-state index is 0.0139. The molecule has 2 aromatic rings. The number of rotatable bonds is 1. The molecule has 2 nitrogen and oxygen atoms in total. The molecule has 0 fully saturated rings. The van der Waals surface area contributed by atoms with Crippen LogP contribution in [0.3, 0.4) is 0 Å². The average molecular weight is 193 g/mol. The van der Waals surface area contributed by atoms with Crippen molar-refractivity contribution in [2.75, 3.05) is 0 Å². The number of aldehydes is 1. The van der Waals surface area contributed by atoms with Gasteiger partial charge in [0.05, 0.1) is 0 Å². The molecular weight excluding hydrogens is 188 g/mol. The first kappa shape index (κ1) is 8.74. The van der Waals surface area contributed by atoms with E-state index in [1.165, 1.54) is 12.3 Å². The third-order valence-corrected chi connectivity index (χ3v) is 1.92. The van der Waals surface area contributed by atoms with E-state index >= 15 is 0 Å². The van der Waals surface area contributed by atoms with Crippen LogP contribution in [0.15, 0.2) is 24.4 Å². The fourth-order valence-electron chi connectivity index (χ4n) is 1.35. The molecule has 0 aliphatic heterocycles. The van der Waals surface area contributed by atoms with E-state index in [0.717, 1.165) is 12.1 Å². The summed E-state index contributed by atoms with van der Waals surface area (Å²) in [6.45, 7) is 0. The number of aromatic nitrogens is 1. The zero-order valence-corrected chi connectivity index (χ0v) is 7.00. The van der Waals surface area contributed by atoms with Crippen LogP contribution in [0.5, 0.6) is 0 Å². The molecule has 1 aromatic carbocycles.